The second-order valence-corrected chi connectivity index (χ2v) is 5.79. The predicted molar refractivity (Wildman–Crippen MR) is 86.1 cm³/mol. The van der Waals surface area contributed by atoms with Crippen molar-refractivity contribution in [2.24, 2.45) is 7.05 Å². The van der Waals surface area contributed by atoms with Crippen LogP contribution in [0.4, 0.5) is 5.82 Å². The van der Waals surface area contributed by atoms with E-state index in [0.29, 0.717) is 6.54 Å². The van der Waals surface area contributed by atoms with Crippen molar-refractivity contribution in [1.82, 2.24) is 14.8 Å². The molecule has 0 aliphatic carbocycles. The van der Waals surface area contributed by atoms with Gasteiger partial charge in [-0.3, -0.25) is 4.68 Å². The molecule has 1 unspecified atom stereocenters. The minimum Gasteiger partial charge on any atom is -0.386 e. The van der Waals surface area contributed by atoms with Crippen molar-refractivity contribution < 1.29 is 5.11 Å². The molecular weight excluding hydrogens is 332 g/mol. The van der Waals surface area contributed by atoms with Crippen molar-refractivity contribution in [1.29, 1.82) is 0 Å². The van der Waals surface area contributed by atoms with Gasteiger partial charge in [0.05, 0.1) is 17.8 Å². The highest BCUT2D eigenvalue weighted by Gasteiger charge is 2.09. The Kier molecular flexibility index (Phi) is 3.90. The van der Waals surface area contributed by atoms with E-state index in [-0.39, 0.29) is 0 Å². The highest BCUT2D eigenvalue weighted by molar-refractivity contribution is 9.10. The van der Waals surface area contributed by atoms with E-state index in [1.807, 2.05) is 37.4 Å². The number of aliphatic hydroxyl groups is 1. The fraction of sp³-hybridized carbons (Fsp3) is 0.200. The number of halogens is 1. The van der Waals surface area contributed by atoms with Gasteiger partial charge >= 0.3 is 0 Å². The number of fused-ring (bicyclic) bond motifs is 1. The zero-order chi connectivity index (χ0) is 14.8. The van der Waals surface area contributed by atoms with Crippen LogP contribution in [0.3, 0.4) is 0 Å². The number of anilines is 1. The van der Waals surface area contributed by atoms with Gasteiger partial charge in [0.2, 0.25) is 0 Å². The summed E-state index contributed by atoms with van der Waals surface area (Å²) in [5.74, 6) is 0.743. The zero-order valence-corrected chi connectivity index (χ0v) is 13.1. The number of hydrogen-bond donors (Lipinski definition) is 2. The topological polar surface area (TPSA) is 63.0 Å². The Bertz CT molecular complexity index is 771. The molecule has 0 radical (unpaired) electrons. The molecule has 1 atom stereocenters. The molecule has 0 aliphatic rings. The van der Waals surface area contributed by atoms with Gasteiger partial charge in [0, 0.05) is 35.2 Å². The highest BCUT2D eigenvalue weighted by atomic mass is 79.9. The first kappa shape index (κ1) is 14.0. The maximum atomic E-state index is 10.1. The number of rotatable bonds is 4. The maximum Gasteiger partial charge on any atom is 0.126 e. The Morgan fingerprint density at radius 2 is 2.19 bits per heavy atom. The summed E-state index contributed by atoms with van der Waals surface area (Å²) in [7, 11) is 1.83. The van der Waals surface area contributed by atoms with Gasteiger partial charge in [-0.2, -0.15) is 5.10 Å². The van der Waals surface area contributed by atoms with Gasteiger partial charge in [0.25, 0.3) is 0 Å². The molecule has 1 aromatic carbocycles. The average Bonchev–Trinajstić information content (AvgIpc) is 2.91. The van der Waals surface area contributed by atoms with Gasteiger partial charge in [-0.15, -0.1) is 0 Å². The lowest BCUT2D eigenvalue weighted by Crippen LogP contribution is -2.12. The SMILES string of the molecule is Cn1cc(C(O)CNc2ccc3cc(Br)ccc3n2)cn1. The molecule has 0 saturated heterocycles. The molecule has 2 N–H and O–H groups in total. The summed E-state index contributed by atoms with van der Waals surface area (Å²) in [5.41, 5.74) is 1.70. The standard InChI is InChI=1S/C15H15BrN4O/c1-20-9-11(7-18-20)14(21)8-17-15-5-2-10-6-12(16)3-4-13(10)19-15/h2-7,9,14,21H,8H2,1H3,(H,17,19). The van der Waals surface area contributed by atoms with Gasteiger partial charge in [0.1, 0.15) is 5.82 Å². The number of benzene rings is 1. The molecule has 0 saturated carbocycles. The molecule has 0 spiro atoms. The second kappa shape index (κ2) is 5.83. The van der Waals surface area contributed by atoms with Crippen molar-refractivity contribution >= 4 is 32.7 Å². The molecule has 3 aromatic rings. The Hall–Kier alpha value is -1.92. The lowest BCUT2D eigenvalue weighted by atomic mass is 10.2. The number of aliphatic hydroxyl groups excluding tert-OH is 1. The summed E-state index contributed by atoms with van der Waals surface area (Å²) in [6.45, 7) is 0.390. The fourth-order valence-corrected chi connectivity index (χ4v) is 2.50. The molecule has 2 heterocycles. The Morgan fingerprint density at radius 3 is 2.95 bits per heavy atom. The van der Waals surface area contributed by atoms with Crippen LogP contribution in [0.2, 0.25) is 0 Å². The maximum absolute atomic E-state index is 10.1. The molecule has 5 nitrogen and oxygen atoms in total. The van der Waals surface area contributed by atoms with E-state index >= 15 is 0 Å². The molecule has 108 valence electrons. The van der Waals surface area contributed by atoms with Crippen LogP contribution in [0.5, 0.6) is 0 Å². The quantitative estimate of drug-likeness (QED) is 0.762. The van der Waals surface area contributed by atoms with Gasteiger partial charge in [-0.05, 0) is 30.3 Å². The van der Waals surface area contributed by atoms with Crippen molar-refractivity contribution in [3.05, 3.63) is 52.8 Å². The van der Waals surface area contributed by atoms with Crippen LogP contribution in [-0.2, 0) is 7.05 Å². The normalized spacial score (nSPS) is 12.5. The summed E-state index contributed by atoms with van der Waals surface area (Å²) in [6.07, 6.45) is 2.86. The summed E-state index contributed by atoms with van der Waals surface area (Å²) < 4.78 is 2.70. The number of hydrogen-bond acceptors (Lipinski definition) is 4. The van der Waals surface area contributed by atoms with Crippen LogP contribution in [0, 0.1) is 0 Å². The summed E-state index contributed by atoms with van der Waals surface area (Å²) in [6, 6.07) is 9.86. The van der Waals surface area contributed by atoms with Gasteiger partial charge in [-0.1, -0.05) is 15.9 Å². The molecule has 2 aromatic heterocycles. The van der Waals surface area contributed by atoms with Crippen LogP contribution < -0.4 is 5.32 Å². The van der Waals surface area contributed by atoms with E-state index < -0.39 is 6.10 Å². The molecule has 0 fully saturated rings. The third-order valence-corrected chi connectivity index (χ3v) is 3.73. The van der Waals surface area contributed by atoms with E-state index in [1.54, 1.807) is 17.1 Å². The number of nitrogens with one attached hydrogen (secondary N) is 1. The lowest BCUT2D eigenvalue weighted by molar-refractivity contribution is 0.191. The molecule has 0 bridgehead atoms. The van der Waals surface area contributed by atoms with E-state index in [9.17, 15) is 5.11 Å². The first-order valence-electron chi connectivity index (χ1n) is 6.58. The van der Waals surface area contributed by atoms with Crippen LogP contribution in [0.1, 0.15) is 11.7 Å². The van der Waals surface area contributed by atoms with E-state index in [1.165, 1.54) is 0 Å². The number of aromatic nitrogens is 3. The minimum atomic E-state index is -0.610. The zero-order valence-electron chi connectivity index (χ0n) is 11.5. The minimum absolute atomic E-state index is 0.390. The molecule has 0 amide bonds. The smallest absolute Gasteiger partial charge is 0.126 e. The fourth-order valence-electron chi connectivity index (χ4n) is 2.13. The Labute approximate surface area is 130 Å². The van der Waals surface area contributed by atoms with Crippen molar-refractivity contribution in [2.45, 2.75) is 6.10 Å². The summed E-state index contributed by atoms with van der Waals surface area (Å²) in [5, 5.41) is 18.4. The third-order valence-electron chi connectivity index (χ3n) is 3.24. The molecule has 21 heavy (non-hydrogen) atoms. The van der Waals surface area contributed by atoms with E-state index in [0.717, 1.165) is 26.8 Å². The van der Waals surface area contributed by atoms with E-state index in [2.05, 4.69) is 31.3 Å². The van der Waals surface area contributed by atoms with E-state index in [4.69, 9.17) is 0 Å². The third kappa shape index (κ3) is 3.22. The Balaban J connectivity index is 1.71. The average molecular weight is 347 g/mol. The van der Waals surface area contributed by atoms with Gasteiger partial charge < -0.3 is 10.4 Å². The second-order valence-electron chi connectivity index (χ2n) is 4.88. The first-order chi connectivity index (χ1) is 10.1. The predicted octanol–water partition coefficient (Wildman–Crippen LogP) is 2.88. The van der Waals surface area contributed by atoms with Gasteiger partial charge in [-0.25, -0.2) is 4.98 Å². The summed E-state index contributed by atoms with van der Waals surface area (Å²) in [4.78, 5) is 4.52. The van der Waals surface area contributed by atoms with Crippen LogP contribution >= 0.6 is 15.9 Å². The van der Waals surface area contributed by atoms with Crippen molar-refractivity contribution in [3.63, 3.8) is 0 Å². The Morgan fingerprint density at radius 1 is 1.33 bits per heavy atom. The monoisotopic (exact) mass is 346 g/mol. The molecular formula is C15H15BrN4O. The van der Waals surface area contributed by atoms with Crippen molar-refractivity contribution in [3.8, 4) is 0 Å². The first-order valence-corrected chi connectivity index (χ1v) is 7.38. The van der Waals surface area contributed by atoms with Crippen LogP contribution in [-0.4, -0.2) is 26.4 Å². The lowest BCUT2D eigenvalue weighted by Gasteiger charge is -2.11. The van der Waals surface area contributed by atoms with Crippen LogP contribution in [0.15, 0.2) is 47.2 Å². The highest BCUT2D eigenvalue weighted by Crippen LogP contribution is 2.20. The van der Waals surface area contributed by atoms with Crippen LogP contribution in [0.25, 0.3) is 10.9 Å². The molecule has 3 rings (SSSR count). The number of aryl methyl sites for hydroxylation is 1. The summed E-state index contributed by atoms with van der Waals surface area (Å²) >= 11 is 3.44. The number of pyridine rings is 1. The molecule has 0 aliphatic heterocycles. The van der Waals surface area contributed by atoms with Crippen molar-refractivity contribution in [2.75, 3.05) is 11.9 Å². The molecule has 6 heteroatoms. The largest absolute Gasteiger partial charge is 0.386 e. The number of nitrogens with zero attached hydrogens (tertiary/aromatic N) is 3. The van der Waals surface area contributed by atoms with Gasteiger partial charge in [0.15, 0.2) is 0 Å².